The first kappa shape index (κ1) is 32.8. The summed E-state index contributed by atoms with van der Waals surface area (Å²) < 4.78 is 0. The number of benzene rings is 9. The minimum atomic E-state index is -0.171. The Kier molecular flexibility index (Phi) is 6.98. The molecular weight excluding hydrogens is 677 g/mol. The third-order valence-electron chi connectivity index (χ3n) is 12.7. The molecule has 0 saturated heterocycles. The van der Waals surface area contributed by atoms with Crippen molar-refractivity contribution in [2.45, 2.75) is 38.5 Å². The van der Waals surface area contributed by atoms with Crippen molar-refractivity contribution in [2.24, 2.45) is 0 Å². The van der Waals surface area contributed by atoms with Crippen molar-refractivity contribution in [3.63, 3.8) is 0 Å². The molecule has 0 saturated carbocycles. The van der Waals surface area contributed by atoms with Gasteiger partial charge in [-0.3, -0.25) is 0 Å². The molecule has 0 N–H and O–H groups in total. The second-order valence-electron chi connectivity index (χ2n) is 16.6. The molecule has 2 heteroatoms. The van der Waals surface area contributed by atoms with Gasteiger partial charge >= 0.3 is 0 Å². The molecule has 0 radical (unpaired) electrons. The molecular formula is C54H42N2. The molecule has 0 bridgehead atoms. The van der Waals surface area contributed by atoms with Crippen LogP contribution in [0.1, 0.15) is 49.9 Å². The fraction of sp³-hybridized carbons (Fsp3) is 0.111. The quantitative estimate of drug-likeness (QED) is 0.179. The zero-order valence-corrected chi connectivity index (χ0v) is 32.2. The number of fused-ring (bicyclic) bond motifs is 7. The molecule has 11 rings (SSSR count). The molecule has 0 amide bonds. The van der Waals surface area contributed by atoms with E-state index in [4.69, 9.17) is 0 Å². The second kappa shape index (κ2) is 11.9. The maximum absolute atomic E-state index is 2.54. The van der Waals surface area contributed by atoms with Crippen LogP contribution in [0.5, 0.6) is 0 Å². The molecule has 2 aliphatic heterocycles. The van der Waals surface area contributed by atoms with E-state index in [0.29, 0.717) is 0 Å². The molecule has 9 aromatic rings. The summed E-state index contributed by atoms with van der Waals surface area (Å²) in [6, 6.07) is 67.6. The summed E-state index contributed by atoms with van der Waals surface area (Å²) in [5.41, 5.74) is 15.1. The first-order valence-electron chi connectivity index (χ1n) is 19.8. The lowest BCUT2D eigenvalue weighted by Gasteiger charge is -2.49. The number of rotatable bonds is 4. The number of hydrogen-bond acceptors (Lipinski definition) is 2. The fourth-order valence-electron chi connectivity index (χ4n) is 9.76. The van der Waals surface area contributed by atoms with Crippen molar-refractivity contribution >= 4 is 66.4 Å². The van der Waals surface area contributed by atoms with E-state index in [2.05, 4.69) is 219 Å². The highest BCUT2D eigenvalue weighted by Gasteiger charge is 2.45. The number of anilines is 6. The van der Waals surface area contributed by atoms with Gasteiger partial charge in [0.25, 0.3) is 0 Å². The van der Waals surface area contributed by atoms with E-state index >= 15 is 0 Å². The Bertz CT molecular complexity index is 3050. The van der Waals surface area contributed by atoms with Crippen LogP contribution < -0.4 is 9.80 Å². The highest BCUT2D eigenvalue weighted by atomic mass is 15.2. The monoisotopic (exact) mass is 718 g/mol. The van der Waals surface area contributed by atoms with Gasteiger partial charge in [-0.2, -0.15) is 0 Å². The van der Waals surface area contributed by atoms with E-state index < -0.39 is 0 Å². The normalized spacial score (nSPS) is 14.7. The summed E-state index contributed by atoms with van der Waals surface area (Å²) in [7, 11) is 0. The molecule has 0 fully saturated rings. The van der Waals surface area contributed by atoms with Gasteiger partial charge in [-0.25, -0.2) is 0 Å². The zero-order chi connectivity index (χ0) is 37.8. The SMILES string of the molecule is CC1(C)c2ccccc2N2c3ccc(-c4ccc5cc(N(c6ccc7ccccc7c6)c6cccc7ccccc67)ccc5c4)cc3C(C)(C)c3cccc1c32. The van der Waals surface area contributed by atoms with E-state index in [0.717, 1.165) is 11.4 Å². The van der Waals surface area contributed by atoms with E-state index in [-0.39, 0.29) is 10.8 Å². The van der Waals surface area contributed by atoms with Crippen LogP contribution in [0.3, 0.4) is 0 Å². The number of nitrogens with zero attached hydrogens (tertiary/aromatic N) is 2. The average molecular weight is 719 g/mol. The van der Waals surface area contributed by atoms with Crippen molar-refractivity contribution in [1.82, 2.24) is 0 Å². The first-order valence-corrected chi connectivity index (χ1v) is 19.8. The first-order chi connectivity index (χ1) is 27.3. The molecule has 0 spiro atoms. The smallest absolute Gasteiger partial charge is 0.0543 e. The second-order valence-corrected chi connectivity index (χ2v) is 16.6. The minimum Gasteiger partial charge on any atom is -0.310 e. The Morgan fingerprint density at radius 1 is 0.375 bits per heavy atom. The molecule has 0 unspecified atom stereocenters. The summed E-state index contributed by atoms with van der Waals surface area (Å²) >= 11 is 0. The van der Waals surface area contributed by atoms with Crippen LogP contribution in [0.15, 0.2) is 182 Å². The average Bonchev–Trinajstić information content (AvgIpc) is 3.23. The van der Waals surface area contributed by atoms with Crippen LogP contribution >= 0.6 is 0 Å². The molecule has 0 aliphatic carbocycles. The third kappa shape index (κ3) is 4.75. The Hall–Kier alpha value is -6.64. The lowest BCUT2D eigenvalue weighted by Crippen LogP contribution is -2.38. The highest BCUT2D eigenvalue weighted by Crippen LogP contribution is 2.60. The van der Waals surface area contributed by atoms with Gasteiger partial charge in [0.1, 0.15) is 0 Å². The standard InChI is InChI=1S/C54H42N2/c1-53(2)45-18-9-10-21-50(45)56-51-30-27-41(34-48(51)54(3,4)47-20-12-19-46(53)52(47)56)38-23-24-40-33-43(29-26-39(40)31-38)55(42-28-25-35-13-5-6-15-37(35)32-42)49-22-11-16-36-14-7-8-17-44(36)49/h5-34H,1-4H3. The lowest BCUT2D eigenvalue weighted by atomic mass is 9.66. The van der Waals surface area contributed by atoms with Gasteiger partial charge in [-0.1, -0.05) is 155 Å². The summed E-state index contributed by atoms with van der Waals surface area (Å²) in [5, 5.41) is 7.36. The zero-order valence-electron chi connectivity index (χ0n) is 32.2. The van der Waals surface area contributed by atoms with Gasteiger partial charge in [0.2, 0.25) is 0 Å². The topological polar surface area (TPSA) is 6.48 Å². The van der Waals surface area contributed by atoms with Crippen LogP contribution in [-0.2, 0) is 10.8 Å². The maximum Gasteiger partial charge on any atom is 0.0543 e. The van der Waals surface area contributed by atoms with Crippen LogP contribution in [0.2, 0.25) is 0 Å². The van der Waals surface area contributed by atoms with Gasteiger partial charge in [-0.15, -0.1) is 0 Å². The van der Waals surface area contributed by atoms with Gasteiger partial charge in [-0.05, 0) is 115 Å². The van der Waals surface area contributed by atoms with Crippen molar-refractivity contribution in [3.8, 4) is 11.1 Å². The third-order valence-corrected chi connectivity index (χ3v) is 12.7. The summed E-state index contributed by atoms with van der Waals surface area (Å²) in [4.78, 5) is 4.95. The van der Waals surface area contributed by atoms with Gasteiger partial charge in [0.15, 0.2) is 0 Å². The van der Waals surface area contributed by atoms with Gasteiger partial charge < -0.3 is 9.80 Å². The minimum absolute atomic E-state index is 0.0850. The Balaban J connectivity index is 1.02. The maximum atomic E-state index is 2.54. The highest BCUT2D eigenvalue weighted by molar-refractivity contribution is 6.02. The molecule has 0 aromatic heterocycles. The molecule has 2 nitrogen and oxygen atoms in total. The lowest BCUT2D eigenvalue weighted by molar-refractivity contribution is 0.597. The van der Waals surface area contributed by atoms with E-state index in [1.807, 2.05) is 0 Å². The Labute approximate surface area is 328 Å². The van der Waals surface area contributed by atoms with E-state index in [1.165, 1.54) is 88.4 Å². The predicted octanol–water partition coefficient (Wildman–Crippen LogP) is 15.0. The van der Waals surface area contributed by atoms with Crippen LogP contribution in [0.25, 0.3) is 43.4 Å². The molecule has 56 heavy (non-hydrogen) atoms. The number of hydrogen-bond donors (Lipinski definition) is 0. The summed E-state index contributed by atoms with van der Waals surface area (Å²) in [6.07, 6.45) is 0. The fourth-order valence-corrected chi connectivity index (χ4v) is 9.76. The van der Waals surface area contributed by atoms with Crippen LogP contribution in [-0.4, -0.2) is 0 Å². The van der Waals surface area contributed by atoms with Crippen molar-refractivity contribution in [1.29, 1.82) is 0 Å². The van der Waals surface area contributed by atoms with Gasteiger partial charge in [0.05, 0.1) is 22.7 Å². The van der Waals surface area contributed by atoms with Crippen LogP contribution in [0.4, 0.5) is 34.1 Å². The predicted molar refractivity (Wildman–Crippen MR) is 238 cm³/mol. The van der Waals surface area contributed by atoms with Crippen molar-refractivity contribution in [2.75, 3.05) is 9.80 Å². The van der Waals surface area contributed by atoms with E-state index in [9.17, 15) is 0 Å². The van der Waals surface area contributed by atoms with Gasteiger partial charge in [0, 0.05) is 27.6 Å². The van der Waals surface area contributed by atoms with E-state index in [1.54, 1.807) is 0 Å². The van der Waals surface area contributed by atoms with Crippen molar-refractivity contribution in [3.05, 3.63) is 204 Å². The summed E-state index contributed by atoms with van der Waals surface area (Å²) in [5.74, 6) is 0. The largest absolute Gasteiger partial charge is 0.310 e. The Morgan fingerprint density at radius 3 is 1.70 bits per heavy atom. The van der Waals surface area contributed by atoms with Crippen LogP contribution in [0, 0.1) is 0 Å². The Morgan fingerprint density at radius 2 is 0.893 bits per heavy atom. The molecule has 2 aliphatic rings. The molecule has 268 valence electrons. The summed E-state index contributed by atoms with van der Waals surface area (Å²) in [6.45, 7) is 9.54. The molecule has 2 heterocycles. The van der Waals surface area contributed by atoms with Crippen molar-refractivity contribution < 1.29 is 0 Å². The number of para-hydroxylation sites is 2. The molecule has 0 atom stereocenters. The molecule has 9 aromatic carbocycles.